The summed E-state index contributed by atoms with van der Waals surface area (Å²) >= 11 is 2.64. The Morgan fingerprint density at radius 2 is 2.04 bits per heavy atom. The molecule has 12 heteroatoms. The number of alkyl halides is 3. The Morgan fingerprint density at radius 3 is 2.61 bits per heavy atom. The summed E-state index contributed by atoms with van der Waals surface area (Å²) in [5.41, 5.74) is -1.91. The van der Waals surface area contributed by atoms with E-state index in [-0.39, 0.29) is 0 Å². The van der Waals surface area contributed by atoms with Crippen molar-refractivity contribution >= 4 is 33.8 Å². The molecule has 0 aliphatic carbocycles. The lowest BCUT2D eigenvalue weighted by molar-refractivity contribution is -0.0929. The average molecular weight is 401 g/mol. The summed E-state index contributed by atoms with van der Waals surface area (Å²) in [5, 5.41) is 0. The summed E-state index contributed by atoms with van der Waals surface area (Å²) in [6.07, 6.45) is -7.07. The summed E-state index contributed by atoms with van der Waals surface area (Å²) in [7, 11) is 1.01. The predicted molar refractivity (Wildman–Crippen MR) is 71.2 cm³/mol. The summed E-state index contributed by atoms with van der Waals surface area (Å²) in [6, 6.07) is 0. The Morgan fingerprint density at radius 1 is 1.39 bits per heavy atom. The van der Waals surface area contributed by atoms with E-state index in [2.05, 4.69) is 35.6 Å². The van der Waals surface area contributed by atoms with Crippen LogP contribution in [0.5, 0.6) is 0 Å². The van der Waals surface area contributed by atoms with Crippen LogP contribution in [0.3, 0.4) is 0 Å². The quantitative estimate of drug-likeness (QED) is 0.330. The van der Waals surface area contributed by atoms with E-state index in [0.717, 1.165) is 13.3 Å². The van der Waals surface area contributed by atoms with Crippen molar-refractivity contribution in [3.05, 3.63) is 28.0 Å². The SMILES string of the molecule is COC(=O)c1cnc(F)nc1N1CC(Br)=C(C(F)(F)F)N=C1F. The minimum atomic E-state index is -4.88. The van der Waals surface area contributed by atoms with Crippen LogP contribution in [0.25, 0.3) is 0 Å². The number of aliphatic imine (C=N–C) groups is 1. The number of carbonyl (C=O) groups is 1. The smallest absolute Gasteiger partial charge is 0.434 e. The van der Waals surface area contributed by atoms with Crippen molar-refractivity contribution in [1.82, 2.24) is 9.97 Å². The van der Waals surface area contributed by atoms with Gasteiger partial charge in [-0.15, -0.1) is 0 Å². The number of aromatic nitrogens is 2. The molecule has 0 bridgehead atoms. The maximum atomic E-state index is 14.0. The lowest BCUT2D eigenvalue weighted by Gasteiger charge is -2.26. The van der Waals surface area contributed by atoms with Gasteiger partial charge < -0.3 is 4.74 Å². The summed E-state index contributed by atoms with van der Waals surface area (Å²) < 4.78 is 69.1. The molecule has 23 heavy (non-hydrogen) atoms. The van der Waals surface area contributed by atoms with E-state index in [1.54, 1.807) is 0 Å². The van der Waals surface area contributed by atoms with E-state index < -0.39 is 52.4 Å². The number of nitrogens with zero attached hydrogens (tertiary/aromatic N) is 4. The number of halogens is 6. The molecule has 2 heterocycles. The molecule has 1 aromatic rings. The van der Waals surface area contributed by atoms with E-state index in [9.17, 15) is 26.7 Å². The van der Waals surface area contributed by atoms with Gasteiger partial charge in [0.2, 0.25) is 0 Å². The van der Waals surface area contributed by atoms with Crippen LogP contribution in [0, 0.1) is 6.08 Å². The van der Waals surface area contributed by atoms with Crippen LogP contribution < -0.4 is 4.90 Å². The van der Waals surface area contributed by atoms with Crippen LogP contribution in [-0.2, 0) is 4.74 Å². The molecule has 2 rings (SSSR count). The molecular weight excluding hydrogens is 395 g/mol. The van der Waals surface area contributed by atoms with Gasteiger partial charge in [-0.3, -0.25) is 4.90 Å². The Kier molecular flexibility index (Phi) is 4.63. The number of hydrogen-bond acceptors (Lipinski definition) is 6. The van der Waals surface area contributed by atoms with Crippen molar-refractivity contribution in [2.45, 2.75) is 6.18 Å². The van der Waals surface area contributed by atoms with Gasteiger partial charge in [0, 0.05) is 4.48 Å². The van der Waals surface area contributed by atoms with Crippen molar-refractivity contribution in [3.63, 3.8) is 0 Å². The van der Waals surface area contributed by atoms with Gasteiger partial charge in [0.25, 0.3) is 6.09 Å². The third-order valence-corrected chi connectivity index (χ3v) is 3.28. The lowest BCUT2D eigenvalue weighted by Crippen LogP contribution is -2.36. The third-order valence-electron chi connectivity index (χ3n) is 2.65. The molecule has 0 saturated heterocycles. The fourth-order valence-corrected chi connectivity index (χ4v) is 2.25. The average Bonchev–Trinajstić information content (AvgIpc) is 2.47. The molecule has 0 fully saturated rings. The molecule has 0 spiro atoms. The second-order valence-electron chi connectivity index (χ2n) is 4.09. The maximum absolute atomic E-state index is 14.0. The Bertz CT molecular complexity index is 719. The minimum absolute atomic E-state index is 0.435. The van der Waals surface area contributed by atoms with Crippen LogP contribution in [0.2, 0.25) is 0 Å². The van der Waals surface area contributed by atoms with Gasteiger partial charge in [-0.05, 0) is 0 Å². The molecule has 0 saturated carbocycles. The van der Waals surface area contributed by atoms with Crippen molar-refractivity contribution in [2.75, 3.05) is 18.6 Å². The first-order valence-electron chi connectivity index (χ1n) is 5.73. The first-order chi connectivity index (χ1) is 10.6. The van der Waals surface area contributed by atoms with Crippen molar-refractivity contribution in [1.29, 1.82) is 0 Å². The Balaban J connectivity index is 2.50. The van der Waals surface area contributed by atoms with Gasteiger partial charge >= 0.3 is 18.2 Å². The number of allylic oxidation sites excluding steroid dienone is 1. The number of amidine groups is 1. The molecule has 124 valence electrons. The number of carbonyl (C=O) groups excluding carboxylic acids is 1. The zero-order valence-electron chi connectivity index (χ0n) is 11.2. The molecule has 1 aliphatic heterocycles. The highest BCUT2D eigenvalue weighted by atomic mass is 79.9. The van der Waals surface area contributed by atoms with Crippen molar-refractivity contribution in [3.8, 4) is 0 Å². The van der Waals surface area contributed by atoms with Gasteiger partial charge in [-0.2, -0.15) is 31.9 Å². The first-order valence-corrected chi connectivity index (χ1v) is 6.53. The molecule has 0 amide bonds. The second-order valence-corrected chi connectivity index (χ2v) is 5.04. The fraction of sp³-hybridized carbons (Fsp3) is 0.273. The van der Waals surface area contributed by atoms with Gasteiger partial charge in [0.15, 0.2) is 11.5 Å². The minimum Gasteiger partial charge on any atom is -0.465 e. The molecule has 0 unspecified atom stereocenters. The maximum Gasteiger partial charge on any atom is 0.434 e. The molecule has 0 atom stereocenters. The zero-order chi connectivity index (χ0) is 17.4. The second kappa shape index (κ2) is 6.18. The zero-order valence-corrected chi connectivity index (χ0v) is 12.7. The Hall–Kier alpha value is -2.11. The van der Waals surface area contributed by atoms with Crippen LogP contribution in [0.15, 0.2) is 21.4 Å². The van der Waals surface area contributed by atoms with Crippen LogP contribution >= 0.6 is 15.9 Å². The number of ether oxygens (including phenoxy) is 1. The first kappa shape index (κ1) is 17.2. The van der Waals surface area contributed by atoms with E-state index in [1.807, 2.05) is 0 Å². The summed E-state index contributed by atoms with van der Waals surface area (Å²) in [6.45, 7) is -0.704. The lowest BCUT2D eigenvalue weighted by atomic mass is 10.2. The number of methoxy groups -OCH3 is 1. The highest BCUT2D eigenvalue weighted by molar-refractivity contribution is 9.11. The fourth-order valence-electron chi connectivity index (χ4n) is 1.68. The standard InChI is InChI=1S/C11H6BrF5N4O2/c1-23-8(22)4-2-18-9(13)20-7(4)21-3-5(12)6(11(15,16)17)19-10(21)14/h2H,3H2,1H3. The van der Waals surface area contributed by atoms with Gasteiger partial charge in [0.05, 0.1) is 19.9 Å². The summed E-state index contributed by atoms with van der Waals surface area (Å²) in [4.78, 5) is 21.2. The number of rotatable bonds is 2. The van der Waals surface area contributed by atoms with Crippen molar-refractivity contribution < 1.29 is 31.5 Å². The Labute approximate surface area is 133 Å². The number of anilines is 1. The normalized spacial score (nSPS) is 15.6. The topological polar surface area (TPSA) is 67.7 Å². The number of esters is 1. The van der Waals surface area contributed by atoms with E-state index >= 15 is 0 Å². The van der Waals surface area contributed by atoms with Crippen LogP contribution in [0.1, 0.15) is 10.4 Å². The molecule has 6 nitrogen and oxygen atoms in total. The van der Waals surface area contributed by atoms with E-state index in [4.69, 9.17) is 0 Å². The molecule has 1 aromatic heterocycles. The van der Waals surface area contributed by atoms with Gasteiger partial charge in [-0.25, -0.2) is 9.78 Å². The summed E-state index contributed by atoms with van der Waals surface area (Å²) in [5.74, 6) is -1.63. The predicted octanol–water partition coefficient (Wildman–Crippen LogP) is 2.72. The van der Waals surface area contributed by atoms with Crippen LogP contribution in [-0.4, -0.2) is 41.9 Å². The molecule has 0 radical (unpaired) electrons. The largest absolute Gasteiger partial charge is 0.465 e. The third kappa shape index (κ3) is 3.46. The monoisotopic (exact) mass is 400 g/mol. The number of hydrogen-bond donors (Lipinski definition) is 0. The van der Waals surface area contributed by atoms with Gasteiger partial charge in [-0.1, -0.05) is 15.9 Å². The molecular formula is C11H6BrF5N4O2. The highest BCUT2D eigenvalue weighted by Crippen LogP contribution is 2.36. The molecule has 0 N–H and O–H groups in total. The highest BCUT2D eigenvalue weighted by Gasteiger charge is 2.40. The van der Waals surface area contributed by atoms with E-state index in [1.165, 1.54) is 0 Å². The van der Waals surface area contributed by atoms with Crippen molar-refractivity contribution in [2.24, 2.45) is 4.99 Å². The van der Waals surface area contributed by atoms with Gasteiger partial charge in [0.1, 0.15) is 5.56 Å². The molecule has 0 aromatic carbocycles. The molecule has 1 aliphatic rings. The van der Waals surface area contributed by atoms with Crippen LogP contribution in [0.4, 0.5) is 27.8 Å². The van der Waals surface area contributed by atoms with E-state index in [0.29, 0.717) is 4.90 Å².